The lowest BCUT2D eigenvalue weighted by Gasteiger charge is -2.09. The van der Waals surface area contributed by atoms with Crippen molar-refractivity contribution >= 4 is 21.8 Å². The molecule has 0 radical (unpaired) electrons. The molecule has 19 heavy (non-hydrogen) atoms. The molecule has 0 aliphatic carbocycles. The molecule has 0 aliphatic heterocycles. The van der Waals surface area contributed by atoms with Crippen LogP contribution in [0, 0.1) is 6.92 Å². The SMILES string of the molecule is Cc1cc(Oc2cncc(Br)c2)ccc1/C(N)=N/O. The summed E-state index contributed by atoms with van der Waals surface area (Å²) in [6.45, 7) is 1.86. The lowest BCUT2D eigenvalue weighted by molar-refractivity contribution is 0.318. The standard InChI is InChI=1S/C13H12BrN3O2/c1-8-4-10(2-3-12(8)13(15)17-18)19-11-5-9(14)6-16-7-11/h2-7,18H,1H3,(H2,15,17). The van der Waals surface area contributed by atoms with Crippen molar-refractivity contribution in [1.29, 1.82) is 0 Å². The van der Waals surface area contributed by atoms with Crippen molar-refractivity contribution in [1.82, 2.24) is 4.98 Å². The lowest BCUT2D eigenvalue weighted by Crippen LogP contribution is -2.14. The molecule has 0 unspecified atom stereocenters. The number of oxime groups is 1. The first-order chi connectivity index (χ1) is 9.10. The third-order valence-corrected chi connectivity index (χ3v) is 2.93. The number of rotatable bonds is 3. The summed E-state index contributed by atoms with van der Waals surface area (Å²) in [4.78, 5) is 4.02. The largest absolute Gasteiger partial charge is 0.456 e. The van der Waals surface area contributed by atoms with E-state index < -0.39 is 0 Å². The quantitative estimate of drug-likeness (QED) is 0.394. The van der Waals surface area contributed by atoms with E-state index in [1.165, 1.54) is 0 Å². The molecule has 0 saturated carbocycles. The third kappa shape index (κ3) is 3.23. The van der Waals surface area contributed by atoms with E-state index in [1.807, 2.05) is 19.1 Å². The third-order valence-electron chi connectivity index (χ3n) is 2.50. The van der Waals surface area contributed by atoms with Crippen LogP contribution in [0.15, 0.2) is 46.3 Å². The Labute approximate surface area is 118 Å². The topological polar surface area (TPSA) is 80.7 Å². The van der Waals surface area contributed by atoms with Gasteiger partial charge in [0.2, 0.25) is 0 Å². The summed E-state index contributed by atoms with van der Waals surface area (Å²) in [6.07, 6.45) is 3.30. The summed E-state index contributed by atoms with van der Waals surface area (Å²) in [7, 11) is 0. The maximum absolute atomic E-state index is 8.67. The highest BCUT2D eigenvalue weighted by Crippen LogP contribution is 2.25. The van der Waals surface area contributed by atoms with Crippen molar-refractivity contribution in [3.63, 3.8) is 0 Å². The van der Waals surface area contributed by atoms with Crippen LogP contribution in [0.2, 0.25) is 0 Å². The molecule has 0 fully saturated rings. The molecule has 5 nitrogen and oxygen atoms in total. The van der Waals surface area contributed by atoms with Crippen LogP contribution in [-0.2, 0) is 0 Å². The van der Waals surface area contributed by atoms with E-state index in [0.717, 1.165) is 10.0 Å². The van der Waals surface area contributed by atoms with E-state index in [4.69, 9.17) is 15.7 Å². The van der Waals surface area contributed by atoms with E-state index in [9.17, 15) is 0 Å². The van der Waals surface area contributed by atoms with Crippen LogP contribution >= 0.6 is 15.9 Å². The summed E-state index contributed by atoms with van der Waals surface area (Å²) in [5, 5.41) is 11.6. The van der Waals surface area contributed by atoms with Gasteiger partial charge in [0.1, 0.15) is 11.5 Å². The number of amidine groups is 1. The molecule has 3 N–H and O–H groups in total. The Morgan fingerprint density at radius 3 is 2.74 bits per heavy atom. The lowest BCUT2D eigenvalue weighted by atomic mass is 10.1. The van der Waals surface area contributed by atoms with Crippen LogP contribution in [0.1, 0.15) is 11.1 Å². The average Bonchev–Trinajstić information content (AvgIpc) is 2.38. The Bertz CT molecular complexity index is 629. The number of pyridine rings is 1. The molecule has 0 saturated heterocycles. The minimum atomic E-state index is 0.0770. The van der Waals surface area contributed by atoms with Gasteiger partial charge in [0, 0.05) is 16.2 Å². The molecule has 1 aromatic carbocycles. The van der Waals surface area contributed by atoms with Crippen LogP contribution in [0.4, 0.5) is 0 Å². The van der Waals surface area contributed by atoms with Gasteiger partial charge in [-0.15, -0.1) is 0 Å². The molecule has 0 aliphatic rings. The summed E-state index contributed by atoms with van der Waals surface area (Å²) >= 11 is 3.33. The first kappa shape index (κ1) is 13.4. The Morgan fingerprint density at radius 2 is 2.11 bits per heavy atom. The van der Waals surface area contributed by atoms with Gasteiger partial charge in [-0.05, 0) is 52.7 Å². The Morgan fingerprint density at radius 1 is 1.32 bits per heavy atom. The molecule has 98 valence electrons. The Hall–Kier alpha value is -2.08. The van der Waals surface area contributed by atoms with Crippen molar-refractivity contribution in [2.45, 2.75) is 6.92 Å². The minimum Gasteiger partial charge on any atom is -0.456 e. The molecule has 0 amide bonds. The molecule has 0 bridgehead atoms. The van der Waals surface area contributed by atoms with Gasteiger partial charge in [-0.3, -0.25) is 4.98 Å². The number of aromatic nitrogens is 1. The number of halogens is 1. The molecule has 1 heterocycles. The van der Waals surface area contributed by atoms with Gasteiger partial charge < -0.3 is 15.7 Å². The number of hydrogen-bond donors (Lipinski definition) is 2. The first-order valence-corrected chi connectivity index (χ1v) is 6.26. The zero-order chi connectivity index (χ0) is 13.8. The molecular formula is C13H12BrN3O2. The van der Waals surface area contributed by atoms with Crippen LogP contribution in [0.3, 0.4) is 0 Å². The molecule has 0 spiro atoms. The molecule has 6 heteroatoms. The number of ether oxygens (including phenoxy) is 1. The van der Waals surface area contributed by atoms with Gasteiger partial charge in [0.25, 0.3) is 0 Å². The summed E-state index contributed by atoms with van der Waals surface area (Å²) in [5.41, 5.74) is 7.09. The van der Waals surface area contributed by atoms with Crippen molar-refractivity contribution < 1.29 is 9.94 Å². The maximum Gasteiger partial charge on any atom is 0.170 e. The molecule has 1 aromatic heterocycles. The predicted octanol–water partition coefficient (Wildman–Crippen LogP) is 3.04. The molecule has 2 aromatic rings. The van der Waals surface area contributed by atoms with Crippen LogP contribution in [0.25, 0.3) is 0 Å². The summed E-state index contributed by atoms with van der Waals surface area (Å²) in [6, 6.07) is 7.13. The van der Waals surface area contributed by atoms with Gasteiger partial charge in [0.05, 0.1) is 6.20 Å². The second-order valence-corrected chi connectivity index (χ2v) is 4.82. The number of nitrogens with two attached hydrogens (primary N) is 1. The fourth-order valence-electron chi connectivity index (χ4n) is 1.63. The first-order valence-electron chi connectivity index (χ1n) is 5.47. The van der Waals surface area contributed by atoms with Crippen LogP contribution in [0.5, 0.6) is 11.5 Å². The average molecular weight is 322 g/mol. The second-order valence-electron chi connectivity index (χ2n) is 3.90. The molecule has 2 rings (SSSR count). The molecular weight excluding hydrogens is 310 g/mol. The Kier molecular flexibility index (Phi) is 4.01. The van der Waals surface area contributed by atoms with Crippen molar-refractivity contribution in [3.05, 3.63) is 52.3 Å². The van der Waals surface area contributed by atoms with Gasteiger partial charge in [-0.2, -0.15) is 0 Å². The number of aryl methyl sites for hydroxylation is 1. The monoisotopic (exact) mass is 321 g/mol. The van der Waals surface area contributed by atoms with E-state index in [0.29, 0.717) is 17.1 Å². The van der Waals surface area contributed by atoms with Crippen LogP contribution < -0.4 is 10.5 Å². The Balaban J connectivity index is 2.26. The predicted molar refractivity (Wildman–Crippen MR) is 75.7 cm³/mol. The number of benzene rings is 1. The van der Waals surface area contributed by atoms with Gasteiger partial charge in [0.15, 0.2) is 5.84 Å². The minimum absolute atomic E-state index is 0.0770. The highest BCUT2D eigenvalue weighted by Gasteiger charge is 2.06. The zero-order valence-electron chi connectivity index (χ0n) is 10.2. The smallest absolute Gasteiger partial charge is 0.170 e. The van der Waals surface area contributed by atoms with Crippen molar-refractivity contribution in [2.24, 2.45) is 10.9 Å². The van der Waals surface area contributed by atoms with E-state index >= 15 is 0 Å². The maximum atomic E-state index is 8.67. The second kappa shape index (κ2) is 5.71. The highest BCUT2D eigenvalue weighted by atomic mass is 79.9. The van der Waals surface area contributed by atoms with Crippen molar-refractivity contribution in [2.75, 3.05) is 0 Å². The fourth-order valence-corrected chi connectivity index (χ4v) is 1.97. The van der Waals surface area contributed by atoms with Crippen molar-refractivity contribution in [3.8, 4) is 11.5 Å². The van der Waals surface area contributed by atoms with E-state index in [2.05, 4.69) is 26.1 Å². The number of nitrogens with zero attached hydrogens (tertiary/aromatic N) is 2. The number of hydrogen-bond acceptors (Lipinski definition) is 4. The highest BCUT2D eigenvalue weighted by molar-refractivity contribution is 9.10. The van der Waals surface area contributed by atoms with Crippen LogP contribution in [-0.4, -0.2) is 16.0 Å². The van der Waals surface area contributed by atoms with Gasteiger partial charge in [-0.25, -0.2) is 0 Å². The fraction of sp³-hybridized carbons (Fsp3) is 0.0769. The molecule has 0 atom stereocenters. The van der Waals surface area contributed by atoms with Gasteiger partial charge >= 0.3 is 0 Å². The summed E-state index contributed by atoms with van der Waals surface area (Å²) in [5.74, 6) is 1.37. The van der Waals surface area contributed by atoms with Gasteiger partial charge in [-0.1, -0.05) is 5.16 Å². The summed E-state index contributed by atoms with van der Waals surface area (Å²) < 4.78 is 6.52. The van der Waals surface area contributed by atoms with E-state index in [1.54, 1.807) is 24.5 Å². The van der Waals surface area contributed by atoms with E-state index in [-0.39, 0.29) is 5.84 Å². The zero-order valence-corrected chi connectivity index (χ0v) is 11.8. The normalized spacial score (nSPS) is 11.4.